The van der Waals surface area contributed by atoms with E-state index in [0.717, 1.165) is 18.1 Å². The standard InChI is InChI=1S/C12H18N2O/c1-9-6-7-11(12(13)14-9)15-8-10-4-2-3-5-10/h6-7,10H,2-5,8H2,1H3,(H2,13,14). The summed E-state index contributed by atoms with van der Waals surface area (Å²) in [5.41, 5.74) is 6.70. The highest BCUT2D eigenvalue weighted by Crippen LogP contribution is 2.26. The fourth-order valence-corrected chi connectivity index (χ4v) is 2.07. The quantitative estimate of drug-likeness (QED) is 0.826. The first-order chi connectivity index (χ1) is 7.25. The Morgan fingerprint density at radius 2 is 2.13 bits per heavy atom. The Hall–Kier alpha value is -1.25. The first kappa shape index (κ1) is 10.3. The van der Waals surface area contributed by atoms with Crippen molar-refractivity contribution in [2.24, 2.45) is 5.92 Å². The molecule has 0 saturated heterocycles. The number of nitrogens with zero attached hydrogens (tertiary/aromatic N) is 1. The number of nitrogen functional groups attached to an aromatic ring is 1. The summed E-state index contributed by atoms with van der Waals surface area (Å²) in [4.78, 5) is 4.17. The summed E-state index contributed by atoms with van der Waals surface area (Å²) in [5, 5.41) is 0. The van der Waals surface area contributed by atoms with Gasteiger partial charge in [0.2, 0.25) is 0 Å². The lowest BCUT2D eigenvalue weighted by Gasteiger charge is -2.12. The van der Waals surface area contributed by atoms with E-state index < -0.39 is 0 Å². The lowest BCUT2D eigenvalue weighted by atomic mass is 10.1. The molecule has 0 atom stereocenters. The van der Waals surface area contributed by atoms with Crippen molar-refractivity contribution in [1.29, 1.82) is 0 Å². The second-order valence-electron chi connectivity index (χ2n) is 4.30. The van der Waals surface area contributed by atoms with Gasteiger partial charge in [0.25, 0.3) is 0 Å². The summed E-state index contributed by atoms with van der Waals surface area (Å²) >= 11 is 0. The summed E-state index contributed by atoms with van der Waals surface area (Å²) in [7, 11) is 0. The van der Waals surface area contributed by atoms with Gasteiger partial charge in [-0.1, -0.05) is 12.8 Å². The number of nitrogens with two attached hydrogens (primary N) is 1. The van der Waals surface area contributed by atoms with Crippen molar-refractivity contribution < 1.29 is 4.74 Å². The first-order valence-corrected chi connectivity index (χ1v) is 5.61. The molecule has 1 saturated carbocycles. The van der Waals surface area contributed by atoms with Gasteiger partial charge in [-0.2, -0.15) is 0 Å². The predicted octanol–water partition coefficient (Wildman–Crippen LogP) is 2.54. The highest BCUT2D eigenvalue weighted by molar-refractivity contribution is 5.46. The third-order valence-electron chi connectivity index (χ3n) is 2.97. The maximum absolute atomic E-state index is 5.77. The monoisotopic (exact) mass is 206 g/mol. The minimum Gasteiger partial charge on any atom is -0.489 e. The molecule has 2 rings (SSSR count). The second-order valence-corrected chi connectivity index (χ2v) is 4.30. The summed E-state index contributed by atoms with van der Waals surface area (Å²) in [6, 6.07) is 3.84. The Bertz CT molecular complexity index is 332. The Labute approximate surface area is 90.7 Å². The molecule has 1 fully saturated rings. The highest BCUT2D eigenvalue weighted by Gasteiger charge is 2.16. The van der Waals surface area contributed by atoms with E-state index in [1.807, 2.05) is 19.1 Å². The molecule has 0 radical (unpaired) electrons. The zero-order chi connectivity index (χ0) is 10.7. The summed E-state index contributed by atoms with van der Waals surface area (Å²) < 4.78 is 5.69. The van der Waals surface area contributed by atoms with Crippen molar-refractivity contribution >= 4 is 5.82 Å². The van der Waals surface area contributed by atoms with Gasteiger partial charge in [-0.05, 0) is 37.8 Å². The molecule has 1 aromatic heterocycles. The molecule has 0 unspecified atom stereocenters. The number of hydrogen-bond acceptors (Lipinski definition) is 3. The van der Waals surface area contributed by atoms with Crippen molar-refractivity contribution in [3.63, 3.8) is 0 Å². The van der Waals surface area contributed by atoms with Crippen LogP contribution in [0, 0.1) is 12.8 Å². The molecule has 1 aliphatic carbocycles. The molecule has 0 aliphatic heterocycles. The van der Waals surface area contributed by atoms with Crippen LogP contribution >= 0.6 is 0 Å². The molecule has 1 aromatic rings. The van der Waals surface area contributed by atoms with Gasteiger partial charge in [0.05, 0.1) is 6.61 Å². The minimum atomic E-state index is 0.507. The van der Waals surface area contributed by atoms with Gasteiger partial charge in [-0.25, -0.2) is 4.98 Å². The number of aromatic nitrogens is 1. The van der Waals surface area contributed by atoms with Gasteiger partial charge in [0.1, 0.15) is 0 Å². The van der Waals surface area contributed by atoms with Crippen molar-refractivity contribution in [1.82, 2.24) is 4.98 Å². The van der Waals surface area contributed by atoms with Crippen molar-refractivity contribution in [2.45, 2.75) is 32.6 Å². The fraction of sp³-hybridized carbons (Fsp3) is 0.583. The molecule has 15 heavy (non-hydrogen) atoms. The van der Waals surface area contributed by atoms with Crippen LogP contribution in [0.25, 0.3) is 0 Å². The largest absolute Gasteiger partial charge is 0.489 e. The van der Waals surface area contributed by atoms with Crippen LogP contribution in [-0.2, 0) is 0 Å². The summed E-state index contributed by atoms with van der Waals surface area (Å²) in [6.45, 7) is 2.71. The van der Waals surface area contributed by atoms with Gasteiger partial charge in [-0.3, -0.25) is 0 Å². The molecular weight excluding hydrogens is 188 g/mol. The zero-order valence-corrected chi connectivity index (χ0v) is 9.20. The molecule has 3 nitrogen and oxygen atoms in total. The Kier molecular flexibility index (Phi) is 3.09. The number of ether oxygens (including phenoxy) is 1. The van der Waals surface area contributed by atoms with Crippen LogP contribution in [0.3, 0.4) is 0 Å². The minimum absolute atomic E-state index is 0.507. The number of hydrogen-bond donors (Lipinski definition) is 1. The van der Waals surface area contributed by atoms with Crippen LogP contribution in [0.5, 0.6) is 5.75 Å². The number of anilines is 1. The van der Waals surface area contributed by atoms with E-state index in [9.17, 15) is 0 Å². The van der Waals surface area contributed by atoms with Gasteiger partial charge < -0.3 is 10.5 Å². The molecule has 0 amide bonds. The third-order valence-corrected chi connectivity index (χ3v) is 2.97. The molecule has 3 heteroatoms. The maximum Gasteiger partial charge on any atom is 0.166 e. The first-order valence-electron chi connectivity index (χ1n) is 5.61. The highest BCUT2D eigenvalue weighted by atomic mass is 16.5. The average molecular weight is 206 g/mol. The van der Waals surface area contributed by atoms with Crippen LogP contribution in [0.4, 0.5) is 5.82 Å². The van der Waals surface area contributed by atoms with Gasteiger partial charge >= 0.3 is 0 Å². The summed E-state index contributed by atoms with van der Waals surface area (Å²) in [6.07, 6.45) is 5.27. The van der Waals surface area contributed by atoms with Gasteiger partial charge in [0.15, 0.2) is 11.6 Å². The van der Waals surface area contributed by atoms with E-state index in [4.69, 9.17) is 10.5 Å². The average Bonchev–Trinajstić information content (AvgIpc) is 2.69. The van der Waals surface area contributed by atoms with Crippen LogP contribution in [-0.4, -0.2) is 11.6 Å². The van der Waals surface area contributed by atoms with Gasteiger partial charge in [-0.15, -0.1) is 0 Å². The van der Waals surface area contributed by atoms with Crippen LogP contribution in [0.1, 0.15) is 31.4 Å². The zero-order valence-electron chi connectivity index (χ0n) is 9.20. The van der Waals surface area contributed by atoms with Crippen molar-refractivity contribution in [3.8, 4) is 5.75 Å². The molecule has 0 spiro atoms. The van der Waals surface area contributed by atoms with E-state index in [1.165, 1.54) is 25.7 Å². The Morgan fingerprint density at radius 3 is 2.80 bits per heavy atom. The van der Waals surface area contributed by atoms with Crippen molar-refractivity contribution in [3.05, 3.63) is 17.8 Å². The Balaban J connectivity index is 1.92. The van der Waals surface area contributed by atoms with Crippen LogP contribution in [0.15, 0.2) is 12.1 Å². The molecule has 82 valence electrons. The van der Waals surface area contributed by atoms with E-state index in [2.05, 4.69) is 4.98 Å². The van der Waals surface area contributed by atoms with Crippen LogP contribution < -0.4 is 10.5 Å². The smallest absolute Gasteiger partial charge is 0.166 e. The van der Waals surface area contributed by atoms with E-state index in [-0.39, 0.29) is 0 Å². The molecule has 0 bridgehead atoms. The second kappa shape index (κ2) is 4.51. The van der Waals surface area contributed by atoms with E-state index in [1.54, 1.807) is 0 Å². The molecule has 2 N–H and O–H groups in total. The number of pyridine rings is 1. The van der Waals surface area contributed by atoms with Crippen molar-refractivity contribution in [2.75, 3.05) is 12.3 Å². The lowest BCUT2D eigenvalue weighted by molar-refractivity contribution is 0.252. The normalized spacial score (nSPS) is 16.9. The van der Waals surface area contributed by atoms with E-state index in [0.29, 0.717) is 11.7 Å². The molecular formula is C12H18N2O. The van der Waals surface area contributed by atoms with Gasteiger partial charge in [0, 0.05) is 5.69 Å². The maximum atomic E-state index is 5.77. The van der Waals surface area contributed by atoms with Crippen LogP contribution in [0.2, 0.25) is 0 Å². The Morgan fingerprint density at radius 1 is 1.40 bits per heavy atom. The SMILES string of the molecule is Cc1ccc(OCC2CCCC2)c(N)n1. The topological polar surface area (TPSA) is 48.1 Å². The number of rotatable bonds is 3. The summed E-state index contributed by atoms with van der Waals surface area (Å²) in [5.74, 6) is 1.95. The molecule has 1 heterocycles. The predicted molar refractivity (Wildman–Crippen MR) is 60.8 cm³/mol. The molecule has 1 aliphatic rings. The molecule has 0 aromatic carbocycles. The third kappa shape index (κ3) is 2.61. The van der Waals surface area contributed by atoms with E-state index >= 15 is 0 Å². The number of aryl methyl sites for hydroxylation is 1. The fourth-order valence-electron chi connectivity index (χ4n) is 2.07. The lowest BCUT2D eigenvalue weighted by Crippen LogP contribution is -2.09.